The zero-order chi connectivity index (χ0) is 22.9. The second-order valence-electron chi connectivity index (χ2n) is 8.75. The molecule has 2 aromatic carbocycles. The quantitative estimate of drug-likeness (QED) is 0.541. The van der Waals surface area contributed by atoms with E-state index in [0.717, 1.165) is 17.7 Å². The van der Waals surface area contributed by atoms with E-state index in [9.17, 15) is 19.1 Å². The number of halogens is 1. The zero-order valence-corrected chi connectivity index (χ0v) is 18.1. The Kier molecular flexibility index (Phi) is 5.83. The highest BCUT2D eigenvalue weighted by Crippen LogP contribution is 2.42. The highest BCUT2D eigenvalue weighted by Gasteiger charge is 2.50. The molecule has 3 aromatic rings. The molecule has 5 rings (SSSR count). The summed E-state index contributed by atoms with van der Waals surface area (Å²) < 4.78 is 15.0. The van der Waals surface area contributed by atoms with Crippen molar-refractivity contribution in [3.63, 3.8) is 0 Å². The number of aliphatic hydroxyl groups is 1. The summed E-state index contributed by atoms with van der Waals surface area (Å²) in [5, 5.41) is 16.5. The van der Waals surface area contributed by atoms with Crippen LogP contribution in [0.1, 0.15) is 17.3 Å². The van der Waals surface area contributed by atoms with Crippen molar-refractivity contribution in [2.24, 2.45) is 11.8 Å². The predicted molar refractivity (Wildman–Crippen MR) is 123 cm³/mol. The molecule has 1 saturated heterocycles. The molecule has 6 nitrogen and oxygen atoms in total. The van der Waals surface area contributed by atoms with E-state index in [1.807, 2.05) is 36.4 Å². The fourth-order valence-corrected chi connectivity index (χ4v) is 5.19. The molecule has 0 bridgehead atoms. The third-order valence-corrected chi connectivity index (χ3v) is 6.89. The average molecular weight is 448 g/mol. The van der Waals surface area contributed by atoms with Crippen LogP contribution in [0.15, 0.2) is 71.5 Å². The monoisotopic (exact) mass is 447 g/mol. The van der Waals surface area contributed by atoms with Gasteiger partial charge in [0.25, 0.3) is 5.56 Å². The molecule has 2 aliphatic rings. The summed E-state index contributed by atoms with van der Waals surface area (Å²) in [5.74, 6) is -0.829. The van der Waals surface area contributed by atoms with Gasteiger partial charge in [-0.05, 0) is 41.8 Å². The molecule has 1 fully saturated rings. The fraction of sp³-hybridized carbons (Fsp3) is 0.308. The molecule has 3 N–H and O–H groups in total. The van der Waals surface area contributed by atoms with Gasteiger partial charge in [0.05, 0.1) is 12.1 Å². The van der Waals surface area contributed by atoms with E-state index < -0.39 is 6.04 Å². The van der Waals surface area contributed by atoms with E-state index in [1.165, 1.54) is 12.1 Å². The van der Waals surface area contributed by atoms with E-state index in [2.05, 4.69) is 10.6 Å². The first-order valence-electron chi connectivity index (χ1n) is 11.2. The number of carbonyl (C=O) groups is 1. The topological polar surface area (TPSA) is 83.4 Å². The lowest BCUT2D eigenvalue weighted by Gasteiger charge is -2.21. The summed E-state index contributed by atoms with van der Waals surface area (Å²) in [6, 6.07) is 18.8. The van der Waals surface area contributed by atoms with Crippen LogP contribution in [0.5, 0.6) is 0 Å². The number of nitrogens with zero attached hydrogens (tertiary/aromatic N) is 1. The molecule has 0 aliphatic carbocycles. The van der Waals surface area contributed by atoms with Crippen molar-refractivity contribution in [2.75, 3.05) is 13.2 Å². The number of carbonyl (C=O) groups excluding carboxylic acids is 1. The standard InChI is InChI=1S/C26H26FN3O3/c27-18-8-6-17(7-9-18)19-10-11-22-23-20(14-30(22)26(19)33)21(15-31)24(29-23)25(32)28-13-12-16-4-2-1-3-5-16/h1-11,20-21,23-24,29,31H,12-15H2,(H,28,32)/t20-,21-,23+,24-/m1/s1. The Bertz CT molecular complexity index is 1210. The number of hydrogen-bond acceptors (Lipinski definition) is 4. The number of pyridine rings is 1. The van der Waals surface area contributed by atoms with Gasteiger partial charge in [0, 0.05) is 42.8 Å². The number of benzene rings is 2. The lowest BCUT2D eigenvalue weighted by atomic mass is 9.88. The van der Waals surface area contributed by atoms with Gasteiger partial charge in [0.1, 0.15) is 5.82 Å². The van der Waals surface area contributed by atoms with Gasteiger partial charge >= 0.3 is 0 Å². The number of fused-ring (bicyclic) bond motifs is 3. The third kappa shape index (κ3) is 3.98. The lowest BCUT2D eigenvalue weighted by Crippen LogP contribution is -2.46. The van der Waals surface area contributed by atoms with Gasteiger partial charge in [-0.3, -0.25) is 14.9 Å². The first-order valence-corrected chi connectivity index (χ1v) is 11.2. The molecule has 33 heavy (non-hydrogen) atoms. The van der Waals surface area contributed by atoms with Crippen molar-refractivity contribution in [2.45, 2.75) is 25.0 Å². The highest BCUT2D eigenvalue weighted by molar-refractivity contribution is 5.82. The number of nitrogens with one attached hydrogen (secondary N) is 2. The van der Waals surface area contributed by atoms with Crippen LogP contribution in [-0.2, 0) is 17.8 Å². The first-order chi connectivity index (χ1) is 16.1. The fourth-order valence-electron chi connectivity index (χ4n) is 5.19. The van der Waals surface area contributed by atoms with Crippen molar-refractivity contribution in [3.8, 4) is 11.1 Å². The molecule has 2 aliphatic heterocycles. The summed E-state index contributed by atoms with van der Waals surface area (Å²) in [7, 11) is 0. The van der Waals surface area contributed by atoms with Crippen molar-refractivity contribution in [3.05, 3.63) is 94.2 Å². The molecule has 0 spiro atoms. The zero-order valence-electron chi connectivity index (χ0n) is 18.1. The number of amides is 1. The highest BCUT2D eigenvalue weighted by atomic mass is 19.1. The van der Waals surface area contributed by atoms with Crippen LogP contribution in [0.2, 0.25) is 0 Å². The van der Waals surface area contributed by atoms with E-state index >= 15 is 0 Å². The molecule has 4 atom stereocenters. The Balaban J connectivity index is 1.32. The Labute approximate surface area is 191 Å². The Morgan fingerprint density at radius 3 is 2.58 bits per heavy atom. The molecular formula is C26H26FN3O3. The third-order valence-electron chi connectivity index (χ3n) is 6.89. The molecule has 1 aromatic heterocycles. The van der Waals surface area contributed by atoms with Crippen LogP contribution < -0.4 is 16.2 Å². The summed E-state index contributed by atoms with van der Waals surface area (Å²) in [5.41, 5.74) is 2.99. The van der Waals surface area contributed by atoms with Gasteiger partial charge in [0.15, 0.2) is 0 Å². The Morgan fingerprint density at radius 1 is 1.09 bits per heavy atom. The smallest absolute Gasteiger partial charge is 0.258 e. The summed E-state index contributed by atoms with van der Waals surface area (Å²) in [6.45, 7) is 0.809. The van der Waals surface area contributed by atoms with E-state index in [1.54, 1.807) is 22.8 Å². The number of rotatable bonds is 6. The van der Waals surface area contributed by atoms with Gasteiger partial charge in [-0.2, -0.15) is 0 Å². The second kappa shape index (κ2) is 8.92. The number of aliphatic hydroxyl groups excluding tert-OH is 1. The second-order valence-corrected chi connectivity index (χ2v) is 8.75. The van der Waals surface area contributed by atoms with Gasteiger partial charge in [-0.1, -0.05) is 42.5 Å². The van der Waals surface area contributed by atoms with Crippen molar-refractivity contribution >= 4 is 5.91 Å². The van der Waals surface area contributed by atoms with Crippen LogP contribution in [-0.4, -0.2) is 34.8 Å². The molecule has 0 unspecified atom stereocenters. The van der Waals surface area contributed by atoms with Crippen molar-refractivity contribution < 1.29 is 14.3 Å². The molecule has 3 heterocycles. The van der Waals surface area contributed by atoms with E-state index in [4.69, 9.17) is 0 Å². The Hall–Kier alpha value is -3.29. The maximum absolute atomic E-state index is 13.3. The van der Waals surface area contributed by atoms with Crippen molar-refractivity contribution in [1.82, 2.24) is 15.2 Å². The first kappa shape index (κ1) is 21.6. The maximum Gasteiger partial charge on any atom is 0.258 e. The summed E-state index contributed by atoms with van der Waals surface area (Å²) >= 11 is 0. The molecule has 170 valence electrons. The predicted octanol–water partition coefficient (Wildman–Crippen LogP) is 2.26. The SMILES string of the molecule is O=C(NCCc1ccccc1)[C@@H]1N[C@@H]2c3ccc(-c4ccc(F)cc4)c(=O)n3C[C@@H]2[C@H]1CO. The van der Waals surface area contributed by atoms with Crippen LogP contribution in [0.3, 0.4) is 0 Å². The van der Waals surface area contributed by atoms with Gasteiger partial charge < -0.3 is 15.0 Å². The largest absolute Gasteiger partial charge is 0.396 e. The molecular weight excluding hydrogens is 421 g/mol. The molecule has 7 heteroatoms. The summed E-state index contributed by atoms with van der Waals surface area (Å²) in [6.07, 6.45) is 0.736. The maximum atomic E-state index is 13.3. The average Bonchev–Trinajstić information content (AvgIpc) is 3.37. The van der Waals surface area contributed by atoms with Crippen LogP contribution in [0.25, 0.3) is 11.1 Å². The molecule has 0 radical (unpaired) electrons. The molecule has 0 saturated carbocycles. The van der Waals surface area contributed by atoms with Crippen LogP contribution in [0, 0.1) is 17.7 Å². The summed E-state index contributed by atoms with van der Waals surface area (Å²) in [4.78, 5) is 26.1. The number of hydrogen-bond donors (Lipinski definition) is 3. The van der Waals surface area contributed by atoms with Crippen LogP contribution >= 0.6 is 0 Å². The normalized spacial score (nSPS) is 23.2. The minimum absolute atomic E-state index is 0.0592. The number of aromatic nitrogens is 1. The lowest BCUT2D eigenvalue weighted by molar-refractivity contribution is -0.124. The van der Waals surface area contributed by atoms with Gasteiger partial charge in [0.2, 0.25) is 5.91 Å². The van der Waals surface area contributed by atoms with E-state index in [-0.39, 0.29) is 41.8 Å². The Morgan fingerprint density at radius 2 is 1.85 bits per heavy atom. The van der Waals surface area contributed by atoms with Crippen LogP contribution in [0.4, 0.5) is 4.39 Å². The van der Waals surface area contributed by atoms with Crippen molar-refractivity contribution in [1.29, 1.82) is 0 Å². The van der Waals surface area contributed by atoms with Gasteiger partial charge in [-0.15, -0.1) is 0 Å². The van der Waals surface area contributed by atoms with E-state index in [0.29, 0.717) is 24.2 Å². The van der Waals surface area contributed by atoms with Gasteiger partial charge in [-0.25, -0.2) is 4.39 Å². The minimum atomic E-state index is -0.513. The molecule has 1 amide bonds. The minimum Gasteiger partial charge on any atom is -0.396 e.